The Morgan fingerprint density at radius 3 is 2.14 bits per heavy atom. The van der Waals surface area contributed by atoms with Crippen LogP contribution in [0.3, 0.4) is 0 Å². The summed E-state index contributed by atoms with van der Waals surface area (Å²) >= 11 is 0. The highest BCUT2D eigenvalue weighted by Gasteiger charge is 2.00. The van der Waals surface area contributed by atoms with Crippen molar-refractivity contribution < 1.29 is 9.47 Å². The van der Waals surface area contributed by atoms with Gasteiger partial charge in [-0.2, -0.15) is 0 Å². The Balaban J connectivity index is 1.59. The second kappa shape index (κ2) is 6.63. The first kappa shape index (κ1) is 13.9. The number of pyridine rings is 1. The van der Waals surface area contributed by atoms with Crippen LogP contribution in [-0.4, -0.2) is 4.98 Å². The van der Waals surface area contributed by atoms with Crippen molar-refractivity contribution >= 4 is 5.82 Å². The van der Waals surface area contributed by atoms with E-state index in [4.69, 9.17) is 15.2 Å². The third-order valence-electron chi connectivity index (χ3n) is 3.07. The molecule has 4 heteroatoms. The monoisotopic (exact) mass is 292 g/mol. The van der Waals surface area contributed by atoms with E-state index in [1.54, 1.807) is 18.3 Å². The Morgan fingerprint density at radius 2 is 1.45 bits per heavy atom. The third-order valence-corrected chi connectivity index (χ3v) is 3.07. The average molecular weight is 292 g/mol. The fraction of sp³-hybridized carbons (Fsp3) is 0.0556. The summed E-state index contributed by atoms with van der Waals surface area (Å²) in [5, 5.41) is 0. The van der Waals surface area contributed by atoms with Crippen LogP contribution >= 0.6 is 0 Å². The Labute approximate surface area is 129 Å². The first-order valence-electron chi connectivity index (χ1n) is 6.96. The molecule has 4 nitrogen and oxygen atoms in total. The molecule has 22 heavy (non-hydrogen) atoms. The van der Waals surface area contributed by atoms with Crippen molar-refractivity contribution in [1.82, 2.24) is 4.98 Å². The van der Waals surface area contributed by atoms with Crippen LogP contribution in [0.5, 0.6) is 17.2 Å². The zero-order valence-corrected chi connectivity index (χ0v) is 12.0. The van der Waals surface area contributed by atoms with Crippen LogP contribution in [0.2, 0.25) is 0 Å². The molecule has 0 bridgehead atoms. The molecule has 3 rings (SSSR count). The predicted molar refractivity (Wildman–Crippen MR) is 85.9 cm³/mol. The lowest BCUT2D eigenvalue weighted by atomic mass is 10.2. The minimum Gasteiger partial charge on any atom is -0.489 e. The minimum atomic E-state index is 0.469. The smallest absolute Gasteiger partial charge is 0.145 e. The molecule has 0 unspecified atom stereocenters. The summed E-state index contributed by atoms with van der Waals surface area (Å²) in [5.74, 6) is 2.63. The second-order valence-corrected chi connectivity index (χ2v) is 4.77. The van der Waals surface area contributed by atoms with Crippen molar-refractivity contribution in [3.8, 4) is 17.2 Å². The first-order valence-corrected chi connectivity index (χ1v) is 6.96. The number of nitrogens with zero attached hydrogens (tertiary/aromatic N) is 1. The molecule has 0 amide bonds. The quantitative estimate of drug-likeness (QED) is 0.771. The number of ether oxygens (including phenoxy) is 2. The van der Waals surface area contributed by atoms with E-state index in [2.05, 4.69) is 4.98 Å². The molecule has 110 valence electrons. The predicted octanol–water partition coefficient (Wildman–Crippen LogP) is 4.04. The van der Waals surface area contributed by atoms with Gasteiger partial charge in [-0.25, -0.2) is 4.98 Å². The third kappa shape index (κ3) is 3.76. The lowest BCUT2D eigenvalue weighted by Gasteiger charge is -2.08. The molecule has 0 fully saturated rings. The van der Waals surface area contributed by atoms with Crippen molar-refractivity contribution in [1.29, 1.82) is 0 Å². The number of benzene rings is 2. The molecule has 0 aliphatic heterocycles. The van der Waals surface area contributed by atoms with Crippen molar-refractivity contribution in [3.05, 3.63) is 78.5 Å². The maximum atomic E-state index is 5.73. The Hall–Kier alpha value is -3.01. The standard InChI is InChI=1S/C18H16N2O2/c19-18-11-10-17(12-20-18)22-16-8-6-15(7-9-16)21-13-14-4-2-1-3-5-14/h1-12H,13H2,(H2,19,20). The summed E-state index contributed by atoms with van der Waals surface area (Å²) in [4.78, 5) is 3.98. The average Bonchev–Trinajstić information content (AvgIpc) is 2.57. The van der Waals surface area contributed by atoms with Crippen LogP contribution in [0.15, 0.2) is 72.9 Å². The molecule has 0 aliphatic rings. The molecule has 3 aromatic rings. The second-order valence-electron chi connectivity index (χ2n) is 4.77. The molecule has 1 heterocycles. The van der Waals surface area contributed by atoms with Gasteiger partial charge in [0.25, 0.3) is 0 Å². The Kier molecular flexibility index (Phi) is 4.20. The minimum absolute atomic E-state index is 0.469. The highest BCUT2D eigenvalue weighted by molar-refractivity contribution is 5.37. The zero-order chi connectivity index (χ0) is 15.2. The van der Waals surface area contributed by atoms with E-state index in [1.807, 2.05) is 54.6 Å². The lowest BCUT2D eigenvalue weighted by molar-refractivity contribution is 0.306. The van der Waals surface area contributed by atoms with E-state index in [-0.39, 0.29) is 0 Å². The first-order chi connectivity index (χ1) is 10.8. The summed E-state index contributed by atoms with van der Waals surface area (Å²) in [6, 6.07) is 21.0. The van der Waals surface area contributed by atoms with Gasteiger partial charge in [0.1, 0.15) is 29.7 Å². The van der Waals surface area contributed by atoms with Gasteiger partial charge in [0.15, 0.2) is 0 Å². The molecule has 2 aromatic carbocycles. The molecule has 0 saturated carbocycles. The number of hydrogen-bond donors (Lipinski definition) is 1. The molecule has 2 N–H and O–H groups in total. The van der Waals surface area contributed by atoms with Crippen molar-refractivity contribution in [2.75, 3.05) is 5.73 Å². The van der Waals surface area contributed by atoms with Crippen LogP contribution in [0.4, 0.5) is 5.82 Å². The number of nitrogen functional groups attached to an aromatic ring is 1. The Bertz CT molecular complexity index is 710. The Morgan fingerprint density at radius 1 is 0.773 bits per heavy atom. The van der Waals surface area contributed by atoms with Gasteiger partial charge in [0, 0.05) is 0 Å². The van der Waals surface area contributed by atoms with Crippen molar-refractivity contribution in [2.24, 2.45) is 0 Å². The SMILES string of the molecule is Nc1ccc(Oc2ccc(OCc3ccccc3)cc2)cn1. The zero-order valence-electron chi connectivity index (χ0n) is 12.0. The van der Waals surface area contributed by atoms with E-state index in [9.17, 15) is 0 Å². The highest BCUT2D eigenvalue weighted by Crippen LogP contribution is 2.24. The molecule has 0 aliphatic carbocycles. The van der Waals surface area contributed by atoms with Gasteiger partial charge in [0.05, 0.1) is 6.20 Å². The molecular weight excluding hydrogens is 276 g/mol. The van der Waals surface area contributed by atoms with E-state index in [1.165, 1.54) is 0 Å². The van der Waals surface area contributed by atoms with Gasteiger partial charge in [-0.15, -0.1) is 0 Å². The van der Waals surface area contributed by atoms with Gasteiger partial charge >= 0.3 is 0 Å². The van der Waals surface area contributed by atoms with Gasteiger partial charge < -0.3 is 15.2 Å². The number of anilines is 1. The number of aromatic nitrogens is 1. The van der Waals surface area contributed by atoms with Crippen LogP contribution in [0, 0.1) is 0 Å². The van der Waals surface area contributed by atoms with Gasteiger partial charge in [-0.05, 0) is 42.0 Å². The highest BCUT2D eigenvalue weighted by atomic mass is 16.5. The van der Waals surface area contributed by atoms with E-state index < -0.39 is 0 Å². The molecule has 0 atom stereocenters. The number of nitrogens with two attached hydrogens (primary N) is 1. The summed E-state index contributed by atoms with van der Waals surface area (Å²) in [6.07, 6.45) is 1.59. The summed E-state index contributed by atoms with van der Waals surface area (Å²) in [5.41, 5.74) is 6.67. The molecule has 1 aromatic heterocycles. The fourth-order valence-electron chi connectivity index (χ4n) is 1.93. The van der Waals surface area contributed by atoms with Gasteiger partial charge in [-0.3, -0.25) is 0 Å². The molecule has 0 radical (unpaired) electrons. The normalized spacial score (nSPS) is 10.2. The largest absolute Gasteiger partial charge is 0.489 e. The van der Waals surface area contributed by atoms with Crippen LogP contribution in [0.1, 0.15) is 5.56 Å². The molecule has 0 spiro atoms. The van der Waals surface area contributed by atoms with E-state index >= 15 is 0 Å². The molecule has 0 saturated heterocycles. The maximum Gasteiger partial charge on any atom is 0.145 e. The summed E-state index contributed by atoms with van der Waals surface area (Å²) < 4.78 is 11.4. The summed E-state index contributed by atoms with van der Waals surface area (Å²) in [7, 11) is 0. The van der Waals surface area contributed by atoms with Crippen molar-refractivity contribution in [2.45, 2.75) is 6.61 Å². The topological polar surface area (TPSA) is 57.4 Å². The van der Waals surface area contributed by atoms with Crippen LogP contribution < -0.4 is 15.2 Å². The maximum absolute atomic E-state index is 5.73. The molecular formula is C18H16N2O2. The van der Waals surface area contributed by atoms with Crippen LogP contribution in [0.25, 0.3) is 0 Å². The number of hydrogen-bond acceptors (Lipinski definition) is 4. The van der Waals surface area contributed by atoms with Gasteiger partial charge in [0.2, 0.25) is 0 Å². The van der Waals surface area contributed by atoms with Gasteiger partial charge in [-0.1, -0.05) is 30.3 Å². The summed E-state index contributed by atoms with van der Waals surface area (Å²) in [6.45, 7) is 0.545. The van der Waals surface area contributed by atoms with Crippen molar-refractivity contribution in [3.63, 3.8) is 0 Å². The number of rotatable bonds is 5. The lowest BCUT2D eigenvalue weighted by Crippen LogP contribution is -1.95. The van der Waals surface area contributed by atoms with E-state index in [0.717, 1.165) is 17.1 Å². The van der Waals surface area contributed by atoms with Crippen LogP contribution in [-0.2, 0) is 6.61 Å². The van der Waals surface area contributed by atoms with E-state index in [0.29, 0.717) is 18.2 Å². The fourth-order valence-corrected chi connectivity index (χ4v) is 1.93.